The highest BCUT2D eigenvalue weighted by atomic mass is 16.5. The second-order valence-electron chi connectivity index (χ2n) is 5.63. The van der Waals surface area contributed by atoms with Crippen molar-refractivity contribution in [2.24, 2.45) is 0 Å². The minimum Gasteiger partial charge on any atom is -0.383 e. The molecule has 21 heavy (non-hydrogen) atoms. The van der Waals surface area contributed by atoms with Crippen LogP contribution in [0.5, 0.6) is 0 Å². The van der Waals surface area contributed by atoms with Crippen molar-refractivity contribution in [2.45, 2.75) is 38.8 Å². The summed E-state index contributed by atoms with van der Waals surface area (Å²) in [5.41, 5.74) is 0.927. The molecule has 2 heterocycles. The molecule has 0 aliphatic carbocycles. The van der Waals surface area contributed by atoms with Gasteiger partial charge in [-0.3, -0.25) is 4.79 Å². The van der Waals surface area contributed by atoms with Gasteiger partial charge in [0.05, 0.1) is 25.0 Å². The number of hydrogen-bond donors (Lipinski definition) is 1. The first-order valence-electron chi connectivity index (χ1n) is 7.75. The van der Waals surface area contributed by atoms with Crippen molar-refractivity contribution >= 4 is 5.69 Å². The van der Waals surface area contributed by atoms with E-state index in [1.807, 2.05) is 6.20 Å². The third kappa shape index (κ3) is 4.82. The maximum atomic E-state index is 12.1. The zero-order valence-electron chi connectivity index (χ0n) is 13.0. The summed E-state index contributed by atoms with van der Waals surface area (Å²) in [4.78, 5) is 14.4. The van der Waals surface area contributed by atoms with Gasteiger partial charge in [0.25, 0.3) is 5.56 Å². The predicted octanol–water partition coefficient (Wildman–Crippen LogP) is 0.858. The van der Waals surface area contributed by atoms with Gasteiger partial charge in [-0.05, 0) is 26.2 Å². The number of hydrogen-bond acceptors (Lipinski definition) is 5. The highest BCUT2D eigenvalue weighted by molar-refractivity contribution is 5.43. The Balaban J connectivity index is 1.88. The summed E-state index contributed by atoms with van der Waals surface area (Å²) in [5, 5.41) is 7.59. The van der Waals surface area contributed by atoms with E-state index in [0.29, 0.717) is 19.7 Å². The summed E-state index contributed by atoms with van der Waals surface area (Å²) in [7, 11) is 1.68. The Morgan fingerprint density at radius 2 is 2.14 bits per heavy atom. The van der Waals surface area contributed by atoms with E-state index in [0.717, 1.165) is 18.8 Å². The average Bonchev–Trinajstić information content (AvgIpc) is 2.50. The Bertz CT molecular complexity index is 483. The van der Waals surface area contributed by atoms with Gasteiger partial charge in [0.15, 0.2) is 0 Å². The third-order valence-electron chi connectivity index (χ3n) is 3.81. The molecule has 6 heteroatoms. The van der Waals surface area contributed by atoms with Crippen LogP contribution in [0.4, 0.5) is 5.69 Å². The van der Waals surface area contributed by atoms with Gasteiger partial charge in [0, 0.05) is 38.9 Å². The number of aromatic nitrogens is 2. The zero-order chi connectivity index (χ0) is 15.1. The fourth-order valence-corrected chi connectivity index (χ4v) is 2.64. The van der Waals surface area contributed by atoms with Crippen LogP contribution < -0.4 is 15.8 Å². The first-order valence-corrected chi connectivity index (χ1v) is 7.75. The van der Waals surface area contributed by atoms with Gasteiger partial charge in [-0.1, -0.05) is 0 Å². The van der Waals surface area contributed by atoms with Gasteiger partial charge in [0.1, 0.15) is 0 Å². The Morgan fingerprint density at radius 1 is 1.38 bits per heavy atom. The summed E-state index contributed by atoms with van der Waals surface area (Å²) in [6.07, 6.45) is 5.49. The van der Waals surface area contributed by atoms with E-state index in [4.69, 9.17) is 4.74 Å². The van der Waals surface area contributed by atoms with Gasteiger partial charge in [-0.25, -0.2) is 4.68 Å². The number of nitrogens with zero attached hydrogens (tertiary/aromatic N) is 3. The maximum Gasteiger partial charge on any atom is 0.268 e. The van der Waals surface area contributed by atoms with E-state index in [1.54, 1.807) is 13.2 Å². The van der Waals surface area contributed by atoms with E-state index >= 15 is 0 Å². The molecule has 0 bridgehead atoms. The minimum absolute atomic E-state index is 0.0285. The first-order chi connectivity index (χ1) is 10.2. The molecule has 118 valence electrons. The molecule has 2 rings (SSSR count). The lowest BCUT2D eigenvalue weighted by atomic mass is 10.1. The number of ether oxygens (including phenoxy) is 1. The monoisotopic (exact) mass is 294 g/mol. The molecule has 1 aromatic heterocycles. The highest BCUT2D eigenvalue weighted by Gasteiger charge is 2.12. The summed E-state index contributed by atoms with van der Waals surface area (Å²) in [6.45, 7) is 6.06. The fourth-order valence-electron chi connectivity index (χ4n) is 2.64. The molecule has 6 nitrogen and oxygen atoms in total. The Morgan fingerprint density at radius 3 is 2.81 bits per heavy atom. The highest BCUT2D eigenvalue weighted by Crippen LogP contribution is 2.16. The van der Waals surface area contributed by atoms with Crippen LogP contribution in [-0.4, -0.2) is 49.2 Å². The van der Waals surface area contributed by atoms with Crippen LogP contribution in [-0.2, 0) is 11.3 Å². The quantitative estimate of drug-likeness (QED) is 0.808. The number of rotatable bonds is 7. The Kier molecular flexibility index (Phi) is 6.20. The van der Waals surface area contributed by atoms with Gasteiger partial charge in [0.2, 0.25) is 0 Å². The van der Waals surface area contributed by atoms with Crippen LogP contribution in [0.15, 0.2) is 17.1 Å². The zero-order valence-corrected chi connectivity index (χ0v) is 13.0. The molecule has 1 fully saturated rings. The maximum absolute atomic E-state index is 12.1. The van der Waals surface area contributed by atoms with Crippen molar-refractivity contribution in [2.75, 3.05) is 38.3 Å². The lowest BCUT2D eigenvalue weighted by molar-refractivity contribution is 0.171. The Labute approximate surface area is 126 Å². The van der Waals surface area contributed by atoms with E-state index in [-0.39, 0.29) is 11.6 Å². The fraction of sp³-hybridized carbons (Fsp3) is 0.733. The molecule has 1 aliphatic rings. The van der Waals surface area contributed by atoms with Crippen molar-refractivity contribution in [1.82, 2.24) is 15.1 Å². The van der Waals surface area contributed by atoms with Crippen LogP contribution in [0.3, 0.4) is 0 Å². The van der Waals surface area contributed by atoms with Gasteiger partial charge in [-0.2, -0.15) is 5.10 Å². The van der Waals surface area contributed by atoms with Crippen molar-refractivity contribution < 1.29 is 4.74 Å². The lowest BCUT2D eigenvalue weighted by Gasteiger charge is -2.28. The minimum atomic E-state index is -0.0285. The molecular formula is C15H26N4O2. The molecule has 1 saturated heterocycles. The molecule has 0 amide bonds. The van der Waals surface area contributed by atoms with E-state index in [1.165, 1.54) is 23.9 Å². The molecule has 0 radical (unpaired) electrons. The SMILES string of the molecule is COCC(C)NCCn1ncc(N2CCCCC2)cc1=O. The van der Waals surface area contributed by atoms with Crippen LogP contribution in [0.1, 0.15) is 26.2 Å². The van der Waals surface area contributed by atoms with Crippen molar-refractivity contribution in [3.63, 3.8) is 0 Å². The van der Waals surface area contributed by atoms with Crippen LogP contribution in [0, 0.1) is 0 Å². The van der Waals surface area contributed by atoms with Gasteiger partial charge >= 0.3 is 0 Å². The first kappa shape index (κ1) is 16.0. The van der Waals surface area contributed by atoms with E-state index in [2.05, 4.69) is 22.2 Å². The molecule has 1 aromatic rings. The molecule has 0 saturated carbocycles. The molecule has 1 N–H and O–H groups in total. The number of piperidine rings is 1. The van der Waals surface area contributed by atoms with E-state index in [9.17, 15) is 4.79 Å². The number of nitrogens with one attached hydrogen (secondary N) is 1. The second-order valence-corrected chi connectivity index (χ2v) is 5.63. The molecule has 0 aromatic carbocycles. The predicted molar refractivity (Wildman–Crippen MR) is 83.9 cm³/mol. The molecular weight excluding hydrogens is 268 g/mol. The summed E-state index contributed by atoms with van der Waals surface area (Å²) in [6, 6.07) is 1.98. The molecule has 1 unspecified atom stereocenters. The van der Waals surface area contributed by atoms with Crippen molar-refractivity contribution in [3.05, 3.63) is 22.6 Å². The van der Waals surface area contributed by atoms with Crippen LogP contribution >= 0.6 is 0 Å². The molecule has 1 aliphatic heterocycles. The standard InChI is InChI=1S/C15H26N4O2/c1-13(12-21-2)16-6-9-19-15(20)10-14(11-17-19)18-7-4-3-5-8-18/h10-11,13,16H,3-9,12H2,1-2H3. The summed E-state index contributed by atoms with van der Waals surface area (Å²) >= 11 is 0. The third-order valence-corrected chi connectivity index (χ3v) is 3.81. The summed E-state index contributed by atoms with van der Waals surface area (Å²) < 4.78 is 6.57. The second kappa shape index (κ2) is 8.14. The van der Waals surface area contributed by atoms with Crippen molar-refractivity contribution in [1.29, 1.82) is 0 Å². The van der Waals surface area contributed by atoms with E-state index < -0.39 is 0 Å². The number of methoxy groups -OCH3 is 1. The van der Waals surface area contributed by atoms with Crippen LogP contribution in [0.2, 0.25) is 0 Å². The van der Waals surface area contributed by atoms with Crippen molar-refractivity contribution in [3.8, 4) is 0 Å². The van der Waals surface area contributed by atoms with Crippen LogP contribution in [0.25, 0.3) is 0 Å². The topological polar surface area (TPSA) is 59.4 Å². The smallest absolute Gasteiger partial charge is 0.268 e. The molecule has 0 spiro atoms. The normalized spacial score (nSPS) is 17.0. The molecule has 1 atom stereocenters. The summed E-state index contributed by atoms with van der Waals surface area (Å²) in [5.74, 6) is 0. The number of anilines is 1. The largest absolute Gasteiger partial charge is 0.383 e. The average molecular weight is 294 g/mol. The Hall–Kier alpha value is -1.40. The lowest BCUT2D eigenvalue weighted by Crippen LogP contribution is -2.36. The van der Waals surface area contributed by atoms with Gasteiger partial charge in [-0.15, -0.1) is 0 Å². The van der Waals surface area contributed by atoms with Gasteiger partial charge < -0.3 is 15.0 Å².